The molecule has 0 aliphatic rings. The Kier molecular flexibility index (Phi) is 6.22. The lowest BCUT2D eigenvalue weighted by Gasteiger charge is -2.22. The van der Waals surface area contributed by atoms with Crippen molar-refractivity contribution in [1.82, 2.24) is 10.6 Å². The Bertz CT molecular complexity index is 763. The lowest BCUT2D eigenvalue weighted by molar-refractivity contribution is -0.124. The molecule has 0 aliphatic heterocycles. The molecular weight excluding hydrogens is 326 g/mol. The van der Waals surface area contributed by atoms with E-state index >= 15 is 0 Å². The van der Waals surface area contributed by atoms with Crippen LogP contribution in [-0.2, 0) is 11.3 Å². The van der Waals surface area contributed by atoms with Crippen molar-refractivity contribution < 1.29 is 18.4 Å². The van der Waals surface area contributed by atoms with Gasteiger partial charge in [0.1, 0.15) is 17.7 Å². The number of amides is 2. The van der Waals surface area contributed by atoms with Gasteiger partial charge >= 0.3 is 0 Å². The van der Waals surface area contributed by atoms with Crippen molar-refractivity contribution in [3.8, 4) is 0 Å². The summed E-state index contributed by atoms with van der Waals surface area (Å²) in [6.45, 7) is 3.68. The Morgan fingerprint density at radius 1 is 1.04 bits per heavy atom. The van der Waals surface area contributed by atoms with E-state index in [1.165, 1.54) is 30.3 Å². The van der Waals surface area contributed by atoms with Gasteiger partial charge in [0.05, 0.1) is 5.56 Å². The van der Waals surface area contributed by atoms with Crippen molar-refractivity contribution in [2.24, 2.45) is 5.92 Å². The molecule has 2 N–H and O–H groups in total. The molecule has 0 radical (unpaired) electrons. The van der Waals surface area contributed by atoms with Gasteiger partial charge in [-0.1, -0.05) is 38.1 Å². The maximum absolute atomic E-state index is 13.7. The Labute approximate surface area is 145 Å². The van der Waals surface area contributed by atoms with Crippen LogP contribution < -0.4 is 10.6 Å². The smallest absolute Gasteiger partial charge is 0.254 e. The molecule has 1 atom stereocenters. The van der Waals surface area contributed by atoms with Crippen LogP contribution in [0.1, 0.15) is 29.8 Å². The topological polar surface area (TPSA) is 58.2 Å². The van der Waals surface area contributed by atoms with E-state index in [1.807, 2.05) is 0 Å². The van der Waals surface area contributed by atoms with E-state index in [4.69, 9.17) is 0 Å². The summed E-state index contributed by atoms with van der Waals surface area (Å²) >= 11 is 0. The number of halogens is 2. The fourth-order valence-electron chi connectivity index (χ4n) is 2.35. The van der Waals surface area contributed by atoms with E-state index in [9.17, 15) is 18.4 Å². The minimum Gasteiger partial charge on any atom is -0.350 e. The lowest BCUT2D eigenvalue weighted by atomic mass is 10.0. The van der Waals surface area contributed by atoms with Gasteiger partial charge < -0.3 is 10.6 Å². The van der Waals surface area contributed by atoms with E-state index < -0.39 is 23.7 Å². The van der Waals surface area contributed by atoms with Crippen LogP contribution >= 0.6 is 0 Å². The third kappa shape index (κ3) is 5.11. The molecule has 0 bridgehead atoms. The number of carbonyl (C=O) groups is 2. The highest BCUT2D eigenvalue weighted by atomic mass is 19.1. The third-order valence-corrected chi connectivity index (χ3v) is 3.71. The first-order valence-corrected chi connectivity index (χ1v) is 7.96. The van der Waals surface area contributed by atoms with Crippen LogP contribution in [0.25, 0.3) is 0 Å². The van der Waals surface area contributed by atoms with Gasteiger partial charge in [0.2, 0.25) is 5.91 Å². The average molecular weight is 346 g/mol. The second-order valence-corrected chi connectivity index (χ2v) is 6.02. The second-order valence-electron chi connectivity index (χ2n) is 6.02. The van der Waals surface area contributed by atoms with Crippen LogP contribution in [0.2, 0.25) is 0 Å². The molecule has 0 heterocycles. The number of hydrogen-bond donors (Lipinski definition) is 2. The molecule has 1 unspecified atom stereocenters. The molecule has 0 saturated carbocycles. The highest BCUT2D eigenvalue weighted by Gasteiger charge is 2.25. The summed E-state index contributed by atoms with van der Waals surface area (Å²) in [7, 11) is 0. The zero-order chi connectivity index (χ0) is 18.4. The first-order valence-electron chi connectivity index (χ1n) is 7.96. The summed E-state index contributed by atoms with van der Waals surface area (Å²) in [5.74, 6) is -2.31. The molecule has 4 nitrogen and oxygen atoms in total. The van der Waals surface area contributed by atoms with E-state index in [1.54, 1.807) is 32.0 Å². The maximum Gasteiger partial charge on any atom is 0.254 e. The Hall–Kier alpha value is -2.76. The summed E-state index contributed by atoms with van der Waals surface area (Å²) in [5.41, 5.74) is 0.488. The number of rotatable bonds is 6. The molecule has 132 valence electrons. The van der Waals surface area contributed by atoms with Crippen LogP contribution in [0.15, 0.2) is 48.5 Å². The van der Waals surface area contributed by atoms with Crippen LogP contribution in [0, 0.1) is 17.6 Å². The van der Waals surface area contributed by atoms with Crippen LogP contribution in [0.5, 0.6) is 0 Å². The Balaban J connectivity index is 2.03. The van der Waals surface area contributed by atoms with Gasteiger partial charge in [-0.05, 0) is 35.7 Å². The zero-order valence-electron chi connectivity index (χ0n) is 14.1. The lowest BCUT2D eigenvalue weighted by Crippen LogP contribution is -2.49. The number of benzene rings is 2. The summed E-state index contributed by atoms with van der Waals surface area (Å²) in [4.78, 5) is 24.6. The SMILES string of the molecule is CC(C)C(NC(=O)c1ccccc1F)C(=O)NCc1cccc(F)c1. The Morgan fingerprint density at radius 3 is 2.40 bits per heavy atom. The molecule has 0 aliphatic carbocycles. The van der Waals surface area contributed by atoms with Gasteiger partial charge in [0, 0.05) is 6.54 Å². The predicted molar refractivity (Wildman–Crippen MR) is 90.7 cm³/mol. The van der Waals surface area contributed by atoms with Crippen LogP contribution in [0.3, 0.4) is 0 Å². The van der Waals surface area contributed by atoms with Crippen LogP contribution in [-0.4, -0.2) is 17.9 Å². The maximum atomic E-state index is 13.7. The first kappa shape index (κ1) is 18.6. The van der Waals surface area contributed by atoms with Crippen molar-refractivity contribution in [2.75, 3.05) is 0 Å². The normalized spacial score (nSPS) is 11.9. The van der Waals surface area contributed by atoms with Crippen molar-refractivity contribution >= 4 is 11.8 Å². The molecule has 0 aromatic heterocycles. The molecule has 2 aromatic rings. The summed E-state index contributed by atoms with van der Waals surface area (Å²) in [6, 6.07) is 10.6. The van der Waals surface area contributed by atoms with E-state index in [0.29, 0.717) is 5.56 Å². The summed E-state index contributed by atoms with van der Waals surface area (Å²) in [6.07, 6.45) is 0. The standard InChI is InChI=1S/C19H20F2N2O2/c1-12(2)17(23-18(24)15-8-3-4-9-16(15)21)19(25)22-11-13-6-5-7-14(20)10-13/h3-10,12,17H,11H2,1-2H3,(H,22,25)(H,23,24). The summed E-state index contributed by atoms with van der Waals surface area (Å²) in [5, 5.41) is 5.22. The fraction of sp³-hybridized carbons (Fsp3) is 0.263. The molecular formula is C19H20F2N2O2. The van der Waals surface area contributed by atoms with Gasteiger partial charge in [-0.3, -0.25) is 9.59 Å². The molecule has 0 fully saturated rings. The minimum absolute atomic E-state index is 0.119. The van der Waals surface area contributed by atoms with Gasteiger partial charge in [0.15, 0.2) is 0 Å². The number of hydrogen-bond acceptors (Lipinski definition) is 2. The number of nitrogens with one attached hydrogen (secondary N) is 2. The predicted octanol–water partition coefficient (Wildman–Crippen LogP) is 3.04. The molecule has 0 spiro atoms. The zero-order valence-corrected chi connectivity index (χ0v) is 14.1. The minimum atomic E-state index is -0.833. The van der Waals surface area contributed by atoms with Gasteiger partial charge in [-0.25, -0.2) is 8.78 Å². The van der Waals surface area contributed by atoms with E-state index in [-0.39, 0.29) is 23.8 Å². The highest BCUT2D eigenvalue weighted by Crippen LogP contribution is 2.09. The molecule has 6 heteroatoms. The largest absolute Gasteiger partial charge is 0.350 e. The van der Waals surface area contributed by atoms with Crippen molar-refractivity contribution in [1.29, 1.82) is 0 Å². The van der Waals surface area contributed by atoms with E-state index in [2.05, 4.69) is 10.6 Å². The quantitative estimate of drug-likeness (QED) is 0.845. The van der Waals surface area contributed by atoms with Crippen molar-refractivity contribution in [2.45, 2.75) is 26.4 Å². The Morgan fingerprint density at radius 2 is 1.76 bits per heavy atom. The van der Waals surface area contributed by atoms with E-state index in [0.717, 1.165) is 0 Å². The molecule has 2 aromatic carbocycles. The molecule has 0 saturated heterocycles. The second kappa shape index (κ2) is 8.37. The third-order valence-electron chi connectivity index (χ3n) is 3.71. The van der Waals surface area contributed by atoms with Gasteiger partial charge in [-0.15, -0.1) is 0 Å². The van der Waals surface area contributed by atoms with Crippen LogP contribution in [0.4, 0.5) is 8.78 Å². The highest BCUT2D eigenvalue weighted by molar-refractivity contribution is 5.97. The number of carbonyl (C=O) groups excluding carboxylic acids is 2. The van der Waals surface area contributed by atoms with Crippen molar-refractivity contribution in [3.05, 3.63) is 71.3 Å². The molecule has 2 amide bonds. The molecule has 25 heavy (non-hydrogen) atoms. The van der Waals surface area contributed by atoms with Gasteiger partial charge in [-0.2, -0.15) is 0 Å². The van der Waals surface area contributed by atoms with Gasteiger partial charge in [0.25, 0.3) is 5.91 Å². The monoisotopic (exact) mass is 346 g/mol. The fourth-order valence-corrected chi connectivity index (χ4v) is 2.35. The first-order chi connectivity index (χ1) is 11.9. The van der Waals surface area contributed by atoms with Crippen molar-refractivity contribution in [3.63, 3.8) is 0 Å². The summed E-state index contributed by atoms with van der Waals surface area (Å²) < 4.78 is 26.9. The molecule has 2 rings (SSSR count). The average Bonchev–Trinajstić information content (AvgIpc) is 2.57.